The fraction of sp³-hybridized carbons (Fsp3) is 0.136. The first-order valence-electron chi connectivity index (χ1n) is 24.4. The van der Waals surface area contributed by atoms with E-state index in [-0.39, 0.29) is 14.9 Å². The van der Waals surface area contributed by atoms with Gasteiger partial charge in [-0.3, -0.25) is 0 Å². The molecule has 11 aromatic rings. The van der Waals surface area contributed by atoms with Gasteiger partial charge in [0.05, 0.1) is 53.1 Å². The highest BCUT2D eigenvalue weighted by molar-refractivity contribution is 7.79. The second-order valence-corrected chi connectivity index (χ2v) is 18.3. The van der Waals surface area contributed by atoms with Crippen LogP contribution in [0.4, 0.5) is 22.7 Å². The molecule has 76 heavy (non-hydrogen) atoms. The molecule has 8 nitrogen and oxygen atoms in total. The van der Waals surface area contributed by atoms with Gasteiger partial charge in [0.2, 0.25) is 0 Å². The first kappa shape index (κ1) is 56.9. The fourth-order valence-electron chi connectivity index (χ4n) is 9.16. The highest BCUT2D eigenvalue weighted by Crippen LogP contribution is 2.38. The van der Waals surface area contributed by atoms with Crippen molar-refractivity contribution >= 4 is 47.0 Å². The summed E-state index contributed by atoms with van der Waals surface area (Å²) in [5, 5.41) is 0.726. The third kappa shape index (κ3) is 13.5. The van der Waals surface area contributed by atoms with Gasteiger partial charge in [-0.05, 0) is 142 Å². The molecule has 0 saturated heterocycles. The van der Waals surface area contributed by atoms with Crippen molar-refractivity contribution in [2.45, 2.75) is 56.4 Å². The maximum atomic E-state index is 6.03. The summed E-state index contributed by atoms with van der Waals surface area (Å²) in [6, 6.07) is 64.0. The molecule has 0 atom stereocenters. The molecule has 0 bridgehead atoms. The second kappa shape index (κ2) is 26.7. The molecule has 0 saturated carbocycles. The Morgan fingerprint density at radius 3 is 1.01 bits per heavy atom. The quantitative estimate of drug-likeness (QED) is 0.111. The number of nitrogen functional groups attached to an aromatic ring is 1. The van der Waals surface area contributed by atoms with E-state index in [9.17, 15) is 0 Å². The number of halogens is 1. The van der Waals surface area contributed by atoms with Crippen molar-refractivity contribution in [2.75, 3.05) is 16.9 Å². The van der Waals surface area contributed by atoms with Gasteiger partial charge in [0.25, 0.3) is 0 Å². The topological polar surface area (TPSA) is 82.7 Å². The van der Waals surface area contributed by atoms with E-state index in [4.69, 9.17) is 27.3 Å². The van der Waals surface area contributed by atoms with Crippen LogP contribution in [0.1, 0.15) is 48.2 Å². The summed E-state index contributed by atoms with van der Waals surface area (Å²) in [4.78, 5) is 16.4. The summed E-state index contributed by atoms with van der Waals surface area (Å²) >= 11 is 9.56. The Labute approximate surface area is 461 Å². The van der Waals surface area contributed by atoms with E-state index < -0.39 is 0 Å². The van der Waals surface area contributed by atoms with Crippen LogP contribution in [0.2, 0.25) is 5.02 Å². The summed E-state index contributed by atoms with van der Waals surface area (Å²) in [6.45, 7) is 12.8. The highest BCUT2D eigenvalue weighted by Gasteiger charge is 2.17. The van der Waals surface area contributed by atoms with Crippen molar-refractivity contribution < 1.29 is 0 Å². The van der Waals surface area contributed by atoms with E-state index in [0.29, 0.717) is 0 Å². The number of anilines is 4. The lowest BCUT2D eigenvalue weighted by Crippen LogP contribution is -2.10. The zero-order chi connectivity index (χ0) is 52.1. The lowest BCUT2D eigenvalue weighted by atomic mass is 10.1. The van der Waals surface area contributed by atoms with E-state index in [0.717, 1.165) is 61.5 Å². The minimum atomic E-state index is 0. The number of benzene rings is 8. The Hall–Kier alpha value is -8.37. The smallest absolute Gasteiger partial charge is 0.0999 e. The van der Waals surface area contributed by atoms with Crippen molar-refractivity contribution in [2.24, 2.45) is 0 Å². The van der Waals surface area contributed by atoms with Crippen LogP contribution in [0.25, 0.3) is 50.8 Å². The molecule has 0 fully saturated rings. The largest absolute Gasteiger partial charge is 0.399 e. The molecule has 2 N–H and O–H groups in total. The third-order valence-electron chi connectivity index (χ3n) is 12.6. The Kier molecular flexibility index (Phi) is 20.0. The van der Waals surface area contributed by atoms with E-state index >= 15 is 0 Å². The number of aromatic nitrogens is 6. The minimum absolute atomic E-state index is 0. The average molecular weight is 1040 g/mol. The van der Waals surface area contributed by atoms with Crippen molar-refractivity contribution in [3.8, 4) is 50.8 Å². The summed E-state index contributed by atoms with van der Waals surface area (Å²) < 4.78 is 6.33. The first-order valence-corrected chi connectivity index (χ1v) is 25.7. The predicted octanol–water partition coefficient (Wildman–Crippen LogP) is 18.0. The lowest BCUT2D eigenvalue weighted by Gasteiger charge is -2.26. The molecule has 0 radical (unpaired) electrons. The highest BCUT2D eigenvalue weighted by atomic mass is 35.5. The molecule has 0 aliphatic rings. The van der Waals surface area contributed by atoms with Crippen LogP contribution in [0.5, 0.6) is 0 Å². The van der Waals surface area contributed by atoms with E-state index in [1.165, 1.54) is 50.4 Å². The molecule has 386 valence electrons. The van der Waals surface area contributed by atoms with Gasteiger partial charge in [0.15, 0.2) is 0 Å². The minimum Gasteiger partial charge on any atom is -0.399 e. The fourth-order valence-corrected chi connectivity index (χ4v) is 9.35. The summed E-state index contributed by atoms with van der Waals surface area (Å²) in [6.07, 6.45) is 13.6. The van der Waals surface area contributed by atoms with Gasteiger partial charge in [0.1, 0.15) is 0 Å². The number of aryl methyl sites for hydroxylation is 6. The molecule has 0 spiro atoms. The zero-order valence-corrected chi connectivity index (χ0v) is 44.5. The second-order valence-electron chi connectivity index (χ2n) is 17.9. The number of para-hydroxylation sites is 5. The van der Waals surface area contributed by atoms with Crippen molar-refractivity contribution in [3.63, 3.8) is 0 Å². The summed E-state index contributed by atoms with van der Waals surface area (Å²) in [7, 11) is 0. The molecule has 0 amide bonds. The number of nitrogens with zero attached hydrogens (tertiary/aromatic N) is 7. The molecule has 3 heterocycles. The van der Waals surface area contributed by atoms with Gasteiger partial charge in [-0.1, -0.05) is 154 Å². The van der Waals surface area contributed by atoms with E-state index in [1.54, 1.807) is 6.26 Å². The van der Waals surface area contributed by atoms with E-state index in [2.05, 4.69) is 224 Å². The third-order valence-corrected chi connectivity index (χ3v) is 12.8. The van der Waals surface area contributed by atoms with Crippen LogP contribution in [-0.2, 0) is 0 Å². The SMILES string of the molecule is C.C.CS.Cc1cccc(C)c1-n1cnc(-c2cccc(Cl)c2)c1.Cc1cccc(C)c1-n1cnc(-c2cccc(N(c3ccccc3)c3cccc(-c4cn(-c5c(C)cccc5C)cn4)c3)c2)c1.Nc1ccccc1. The van der Waals surface area contributed by atoms with Crippen molar-refractivity contribution in [3.05, 3.63) is 264 Å². The number of imidazole rings is 3. The molecule has 8 aromatic carbocycles. The van der Waals surface area contributed by atoms with Gasteiger partial charge < -0.3 is 24.3 Å². The first-order chi connectivity index (χ1) is 36.0. The number of hydrogen-bond acceptors (Lipinski definition) is 6. The standard InChI is InChI=1S/C40H35N5.C17H15ClN2.C6H7N.CH4S.2CH4/c1-28-12-8-13-29(2)39(28)43-24-37(41-26-43)32-16-10-20-35(22-32)45(34-18-6-5-7-19-34)36-21-11-17-33(23-36)38-25-44(27-42-38)40-30(3)14-9-15-31(40)4;1-12-5-3-6-13(2)17(12)20-10-16(19-11-20)14-7-4-8-15(18)9-14;7-6-4-2-1-3-5-6;1-2;;/h5-27H,1-4H3;3-11H,1-2H3;1-5H,7H2;2H,1H3;2*1H4. The average Bonchev–Trinajstić information content (AvgIpc) is 4.23. The monoisotopic (exact) mass is 1040 g/mol. The Morgan fingerprint density at radius 1 is 0.382 bits per heavy atom. The number of thiol groups is 1. The van der Waals surface area contributed by atoms with Gasteiger partial charge in [-0.15, -0.1) is 0 Å². The molecule has 0 unspecified atom stereocenters. The molecule has 3 aromatic heterocycles. The van der Waals surface area contributed by atoms with Gasteiger partial charge in [-0.25, -0.2) is 15.0 Å². The van der Waals surface area contributed by atoms with Crippen LogP contribution in [0.3, 0.4) is 0 Å². The molecule has 0 aliphatic heterocycles. The van der Waals surface area contributed by atoms with Crippen LogP contribution in [0.15, 0.2) is 226 Å². The maximum absolute atomic E-state index is 6.03. The molecule has 10 heteroatoms. The maximum Gasteiger partial charge on any atom is 0.0999 e. The number of hydrogen-bond donors (Lipinski definition) is 2. The van der Waals surface area contributed by atoms with Gasteiger partial charge >= 0.3 is 0 Å². The molecule has 11 rings (SSSR count). The van der Waals surface area contributed by atoms with Crippen LogP contribution in [-0.4, -0.2) is 34.9 Å². The Morgan fingerprint density at radius 2 is 0.684 bits per heavy atom. The number of nitrogens with two attached hydrogens (primary N) is 1. The van der Waals surface area contributed by atoms with Crippen LogP contribution < -0.4 is 10.6 Å². The van der Waals surface area contributed by atoms with Crippen LogP contribution in [0, 0.1) is 41.5 Å². The zero-order valence-electron chi connectivity index (χ0n) is 42.9. The van der Waals surface area contributed by atoms with Gasteiger partial charge in [0, 0.05) is 63.1 Å². The summed E-state index contributed by atoms with van der Waals surface area (Å²) in [5.41, 5.74) is 26.2. The summed E-state index contributed by atoms with van der Waals surface area (Å²) in [5.74, 6) is 0. The molecular weight excluding hydrogens is 972 g/mol. The lowest BCUT2D eigenvalue weighted by molar-refractivity contribution is 1.02. The van der Waals surface area contributed by atoms with Crippen LogP contribution >= 0.6 is 24.2 Å². The predicted molar refractivity (Wildman–Crippen MR) is 328 cm³/mol. The van der Waals surface area contributed by atoms with Crippen molar-refractivity contribution in [1.29, 1.82) is 0 Å². The number of rotatable bonds is 9. The molecular formula is C66H69ClN8S. The van der Waals surface area contributed by atoms with E-state index in [1.807, 2.05) is 79.8 Å². The van der Waals surface area contributed by atoms with Crippen molar-refractivity contribution in [1.82, 2.24) is 28.7 Å². The Balaban J connectivity index is 0.000000249. The Bertz CT molecular complexity index is 3400. The molecule has 0 aliphatic carbocycles. The van der Waals surface area contributed by atoms with Gasteiger partial charge in [-0.2, -0.15) is 12.6 Å². The normalized spacial score (nSPS) is 10.3.